The Morgan fingerprint density at radius 2 is 2.05 bits per heavy atom. The first-order valence-electron chi connectivity index (χ1n) is 11.5. The Morgan fingerprint density at radius 1 is 1.27 bits per heavy atom. The highest BCUT2D eigenvalue weighted by atomic mass is 16.6. The van der Waals surface area contributed by atoms with Crippen molar-refractivity contribution in [3.8, 4) is 11.5 Å². The smallest absolute Gasteiger partial charge is 0.414 e. The number of nitrogens with one attached hydrogen (secondary N) is 1. The van der Waals surface area contributed by atoms with Gasteiger partial charge in [-0.05, 0) is 31.1 Å². The van der Waals surface area contributed by atoms with Crippen LogP contribution in [0.4, 0.5) is 16.3 Å². The van der Waals surface area contributed by atoms with Crippen LogP contribution >= 0.6 is 0 Å². The number of rotatable bonds is 6. The maximum Gasteiger partial charge on any atom is 0.414 e. The number of nitrogens with zero attached hydrogens (tertiary/aromatic N) is 6. The zero-order valence-electron chi connectivity index (χ0n) is 20.8. The number of fused-ring (bicyclic) bond motifs is 1. The zero-order valence-corrected chi connectivity index (χ0v) is 20.8. The monoisotopic (exact) mass is 508 g/mol. The zero-order chi connectivity index (χ0) is 26.7. The molecule has 0 saturated carbocycles. The van der Waals surface area contributed by atoms with Crippen LogP contribution in [0.15, 0.2) is 37.2 Å². The molecule has 1 unspecified atom stereocenters. The fraction of sp³-hybridized carbons (Fsp3) is 0.333. The number of nitrogens with two attached hydrogens (primary N) is 1. The number of piperidine rings is 1. The van der Waals surface area contributed by atoms with Crippen molar-refractivity contribution in [1.82, 2.24) is 29.5 Å². The Labute approximate surface area is 212 Å². The average Bonchev–Trinajstić information content (AvgIpc) is 3.30. The number of aromatic nitrogens is 4. The molecule has 0 spiro atoms. The molecule has 0 aliphatic carbocycles. The number of anilines is 2. The molecule has 3 amide bonds. The van der Waals surface area contributed by atoms with Crippen molar-refractivity contribution in [2.75, 3.05) is 45.3 Å². The Kier molecular flexibility index (Phi) is 7.22. The van der Waals surface area contributed by atoms with Crippen molar-refractivity contribution in [2.24, 2.45) is 0 Å². The lowest BCUT2D eigenvalue weighted by Gasteiger charge is -2.32. The van der Waals surface area contributed by atoms with E-state index in [0.717, 1.165) is 12.8 Å². The molecule has 194 valence electrons. The molecule has 2 aromatic heterocycles. The first-order valence-corrected chi connectivity index (χ1v) is 11.5. The second-order valence-corrected chi connectivity index (χ2v) is 8.61. The number of ether oxygens (including phenoxy) is 2. The Balaban J connectivity index is 1.65. The summed E-state index contributed by atoms with van der Waals surface area (Å²) in [6.07, 6.45) is 3.54. The third-order valence-electron chi connectivity index (χ3n) is 5.95. The largest absolute Gasteiger partial charge is 0.494 e. The van der Waals surface area contributed by atoms with Crippen molar-refractivity contribution in [2.45, 2.75) is 18.9 Å². The molecule has 4 rings (SSSR count). The summed E-state index contributed by atoms with van der Waals surface area (Å²) in [6.45, 7) is 4.58. The lowest BCUT2D eigenvalue weighted by atomic mass is 10.1. The van der Waals surface area contributed by atoms with E-state index in [0.29, 0.717) is 29.8 Å². The lowest BCUT2D eigenvalue weighted by Crippen LogP contribution is -2.40. The highest BCUT2D eigenvalue weighted by Crippen LogP contribution is 2.32. The van der Waals surface area contributed by atoms with Gasteiger partial charge >= 0.3 is 6.09 Å². The summed E-state index contributed by atoms with van der Waals surface area (Å²) in [5.41, 5.74) is 6.89. The number of carbonyl (C=O) groups excluding carboxylic acids is 3. The number of carbonyl (C=O) groups is 3. The minimum atomic E-state index is -0.559. The summed E-state index contributed by atoms with van der Waals surface area (Å²) >= 11 is 0. The SMILES string of the molecule is C=CC(=O)N1CCCC(n2nc(C(=O)Nc3ccc(OC(=O)N(C)C)cc3OC)c3c(N)ncnc32)C1. The molecule has 37 heavy (non-hydrogen) atoms. The summed E-state index contributed by atoms with van der Waals surface area (Å²) in [7, 11) is 4.56. The van der Waals surface area contributed by atoms with Crippen molar-refractivity contribution in [3.05, 3.63) is 42.9 Å². The van der Waals surface area contributed by atoms with Gasteiger partial charge < -0.3 is 30.3 Å². The quantitative estimate of drug-likeness (QED) is 0.476. The van der Waals surface area contributed by atoms with Crippen molar-refractivity contribution in [1.29, 1.82) is 0 Å². The maximum atomic E-state index is 13.4. The molecule has 3 heterocycles. The van der Waals surface area contributed by atoms with Crippen LogP contribution in [0.1, 0.15) is 29.4 Å². The highest BCUT2D eigenvalue weighted by molar-refractivity contribution is 6.13. The van der Waals surface area contributed by atoms with E-state index >= 15 is 0 Å². The molecular formula is C24H28N8O5. The molecular weight excluding hydrogens is 480 g/mol. The van der Waals surface area contributed by atoms with Crippen LogP contribution in [0, 0.1) is 0 Å². The fourth-order valence-electron chi connectivity index (χ4n) is 4.10. The van der Waals surface area contributed by atoms with Crippen molar-refractivity contribution < 1.29 is 23.9 Å². The second kappa shape index (κ2) is 10.5. The van der Waals surface area contributed by atoms with Gasteiger partial charge in [-0.2, -0.15) is 5.10 Å². The van der Waals surface area contributed by atoms with Gasteiger partial charge in [-0.3, -0.25) is 9.59 Å². The molecule has 3 N–H and O–H groups in total. The predicted octanol–water partition coefficient (Wildman–Crippen LogP) is 2.08. The van der Waals surface area contributed by atoms with Crippen LogP contribution in [0.2, 0.25) is 0 Å². The molecule has 0 radical (unpaired) electrons. The predicted molar refractivity (Wildman–Crippen MR) is 135 cm³/mol. The molecule has 3 aromatic rings. The molecule has 1 aliphatic heterocycles. The fourth-order valence-corrected chi connectivity index (χ4v) is 4.10. The van der Waals surface area contributed by atoms with Crippen LogP contribution in [-0.4, -0.2) is 81.8 Å². The summed E-state index contributed by atoms with van der Waals surface area (Å²) < 4.78 is 12.3. The van der Waals surface area contributed by atoms with Crippen LogP contribution in [0.5, 0.6) is 11.5 Å². The number of hydrogen-bond acceptors (Lipinski definition) is 9. The van der Waals surface area contributed by atoms with Crippen LogP contribution in [-0.2, 0) is 4.79 Å². The van der Waals surface area contributed by atoms with Gasteiger partial charge in [-0.15, -0.1) is 0 Å². The van der Waals surface area contributed by atoms with Gasteiger partial charge in [0.05, 0.1) is 24.2 Å². The van der Waals surface area contributed by atoms with E-state index in [1.165, 1.54) is 36.5 Å². The van der Waals surface area contributed by atoms with E-state index in [9.17, 15) is 14.4 Å². The summed E-state index contributed by atoms with van der Waals surface area (Å²) in [5.74, 6) is -0.0984. The van der Waals surface area contributed by atoms with Crippen LogP contribution in [0.25, 0.3) is 11.0 Å². The standard InChI is InChI=1S/C24H28N8O5/c1-5-18(33)31-10-6-7-14(12-31)32-22-19(21(25)26-13-27-22)20(29-32)23(34)28-16-9-8-15(11-17(16)36-4)37-24(35)30(2)3/h5,8-9,11,13-14H,1,6-7,10,12H2,2-4H3,(H,28,34)(H2,25,26,27). The third-order valence-corrected chi connectivity index (χ3v) is 5.95. The van der Waals surface area contributed by atoms with E-state index in [2.05, 4.69) is 27.0 Å². The molecule has 13 heteroatoms. The Bertz CT molecular complexity index is 1370. The number of likely N-dealkylation sites (tertiary alicyclic amines) is 1. The molecule has 1 aromatic carbocycles. The Morgan fingerprint density at radius 3 is 2.76 bits per heavy atom. The molecule has 0 bridgehead atoms. The Hall–Kier alpha value is -4.68. The van der Waals surface area contributed by atoms with Gasteiger partial charge in [0.25, 0.3) is 5.91 Å². The third kappa shape index (κ3) is 5.15. The van der Waals surface area contributed by atoms with Gasteiger partial charge in [-0.25, -0.2) is 19.4 Å². The molecule has 13 nitrogen and oxygen atoms in total. The van der Waals surface area contributed by atoms with E-state index in [1.807, 2.05) is 0 Å². The van der Waals surface area contributed by atoms with E-state index in [1.54, 1.807) is 29.7 Å². The number of amides is 3. The minimum absolute atomic E-state index is 0.0328. The number of hydrogen-bond donors (Lipinski definition) is 2. The number of nitrogen functional groups attached to an aromatic ring is 1. The number of benzene rings is 1. The van der Waals surface area contributed by atoms with E-state index in [-0.39, 0.29) is 35.0 Å². The van der Waals surface area contributed by atoms with Gasteiger partial charge in [0.15, 0.2) is 11.3 Å². The molecule has 1 atom stereocenters. The van der Waals surface area contributed by atoms with Gasteiger partial charge in [0.1, 0.15) is 23.6 Å². The number of methoxy groups -OCH3 is 1. The van der Waals surface area contributed by atoms with Crippen molar-refractivity contribution in [3.63, 3.8) is 0 Å². The average molecular weight is 509 g/mol. The molecule has 1 aliphatic rings. The summed E-state index contributed by atoms with van der Waals surface area (Å²) in [6, 6.07) is 4.35. The summed E-state index contributed by atoms with van der Waals surface area (Å²) in [5, 5.41) is 7.65. The van der Waals surface area contributed by atoms with Crippen molar-refractivity contribution >= 4 is 40.4 Å². The van der Waals surface area contributed by atoms with Crippen LogP contribution < -0.4 is 20.5 Å². The highest BCUT2D eigenvalue weighted by Gasteiger charge is 2.29. The maximum absolute atomic E-state index is 13.4. The lowest BCUT2D eigenvalue weighted by molar-refractivity contribution is -0.127. The summed E-state index contributed by atoms with van der Waals surface area (Å²) in [4.78, 5) is 48.8. The van der Waals surface area contributed by atoms with E-state index < -0.39 is 12.0 Å². The van der Waals surface area contributed by atoms with Gasteiger partial charge in [0.2, 0.25) is 5.91 Å². The van der Waals surface area contributed by atoms with E-state index in [4.69, 9.17) is 15.2 Å². The molecule has 1 saturated heterocycles. The molecule has 1 fully saturated rings. The first-order chi connectivity index (χ1) is 17.7. The second-order valence-electron chi connectivity index (χ2n) is 8.61. The topological polar surface area (TPSA) is 158 Å². The normalized spacial score (nSPS) is 15.2. The van der Waals surface area contributed by atoms with Gasteiger partial charge in [-0.1, -0.05) is 6.58 Å². The minimum Gasteiger partial charge on any atom is -0.494 e. The van der Waals surface area contributed by atoms with Crippen LogP contribution in [0.3, 0.4) is 0 Å². The first kappa shape index (κ1) is 25.4. The van der Waals surface area contributed by atoms with Gasteiger partial charge in [0, 0.05) is 33.3 Å².